The van der Waals surface area contributed by atoms with Crippen molar-refractivity contribution < 1.29 is 13.9 Å². The predicted molar refractivity (Wildman–Crippen MR) is 118 cm³/mol. The summed E-state index contributed by atoms with van der Waals surface area (Å²) in [5.41, 5.74) is 0.526. The van der Waals surface area contributed by atoms with Gasteiger partial charge in [-0.15, -0.1) is 0 Å². The molecule has 168 valence electrons. The minimum absolute atomic E-state index is 0.159. The molecular formula is C21H30FN7O2. The van der Waals surface area contributed by atoms with E-state index in [1.54, 1.807) is 12.1 Å². The lowest BCUT2D eigenvalue weighted by atomic mass is 10.2. The molecule has 2 unspecified atom stereocenters. The van der Waals surface area contributed by atoms with Crippen LogP contribution in [0.3, 0.4) is 0 Å². The second kappa shape index (κ2) is 10.1. The Balaban J connectivity index is 1.51. The minimum Gasteiger partial charge on any atom is -0.494 e. The van der Waals surface area contributed by atoms with Gasteiger partial charge in [0.05, 0.1) is 19.8 Å². The van der Waals surface area contributed by atoms with Crippen LogP contribution >= 0.6 is 0 Å². The fraction of sp³-hybridized carbons (Fsp3) is 0.571. The van der Waals surface area contributed by atoms with Crippen LogP contribution in [0.4, 0.5) is 27.9 Å². The minimum atomic E-state index is -0.456. The van der Waals surface area contributed by atoms with Gasteiger partial charge in [0, 0.05) is 30.9 Å². The first-order valence-electron chi connectivity index (χ1n) is 10.8. The number of hydrogen-bond donors (Lipinski definition) is 3. The SMILES string of the molecule is CCN1CCCC1CNc1nc(Nc2ccc(OC)c(F)c2)nc(NC2CCOC2)n1. The summed E-state index contributed by atoms with van der Waals surface area (Å²) in [5, 5.41) is 9.75. The molecule has 0 spiro atoms. The molecular weight excluding hydrogens is 401 g/mol. The first kappa shape index (κ1) is 21.5. The normalized spacial score (nSPS) is 21.3. The second-order valence-electron chi connectivity index (χ2n) is 7.79. The zero-order chi connectivity index (χ0) is 21.6. The van der Waals surface area contributed by atoms with Gasteiger partial charge < -0.3 is 25.4 Å². The molecule has 1 aromatic heterocycles. The van der Waals surface area contributed by atoms with E-state index in [1.807, 2.05) is 0 Å². The van der Waals surface area contributed by atoms with Gasteiger partial charge in [-0.2, -0.15) is 15.0 Å². The molecule has 3 heterocycles. The van der Waals surface area contributed by atoms with Crippen molar-refractivity contribution in [3.05, 3.63) is 24.0 Å². The Kier molecular flexibility index (Phi) is 6.98. The maximum absolute atomic E-state index is 14.1. The first-order valence-corrected chi connectivity index (χ1v) is 10.8. The summed E-state index contributed by atoms with van der Waals surface area (Å²) in [4.78, 5) is 16.0. The number of anilines is 4. The largest absolute Gasteiger partial charge is 0.494 e. The number of likely N-dealkylation sites (tertiary alicyclic amines) is 1. The van der Waals surface area contributed by atoms with Gasteiger partial charge in [-0.1, -0.05) is 6.92 Å². The Morgan fingerprint density at radius 3 is 2.77 bits per heavy atom. The van der Waals surface area contributed by atoms with Crippen molar-refractivity contribution in [2.45, 2.75) is 38.3 Å². The molecule has 31 heavy (non-hydrogen) atoms. The van der Waals surface area contributed by atoms with E-state index in [9.17, 15) is 4.39 Å². The van der Waals surface area contributed by atoms with Gasteiger partial charge in [0.25, 0.3) is 0 Å². The van der Waals surface area contributed by atoms with Crippen LogP contribution in [0.1, 0.15) is 26.2 Å². The highest BCUT2D eigenvalue weighted by Gasteiger charge is 2.23. The Hall–Kier alpha value is -2.72. The smallest absolute Gasteiger partial charge is 0.233 e. The van der Waals surface area contributed by atoms with Crippen molar-refractivity contribution in [3.63, 3.8) is 0 Å². The molecule has 0 bridgehead atoms. The molecule has 2 aliphatic rings. The fourth-order valence-corrected chi connectivity index (χ4v) is 4.03. The van der Waals surface area contributed by atoms with Crippen molar-refractivity contribution in [1.82, 2.24) is 19.9 Å². The molecule has 9 nitrogen and oxygen atoms in total. The van der Waals surface area contributed by atoms with Crippen LogP contribution in [0.25, 0.3) is 0 Å². The summed E-state index contributed by atoms with van der Waals surface area (Å²) in [6.45, 7) is 6.45. The summed E-state index contributed by atoms with van der Waals surface area (Å²) < 4.78 is 24.5. The lowest BCUT2D eigenvalue weighted by molar-refractivity contribution is 0.195. The van der Waals surface area contributed by atoms with E-state index in [4.69, 9.17) is 9.47 Å². The van der Waals surface area contributed by atoms with Crippen molar-refractivity contribution in [2.75, 3.05) is 55.9 Å². The van der Waals surface area contributed by atoms with Crippen LogP contribution in [0.2, 0.25) is 0 Å². The highest BCUT2D eigenvalue weighted by atomic mass is 19.1. The molecule has 3 N–H and O–H groups in total. The lowest BCUT2D eigenvalue weighted by Gasteiger charge is -2.23. The van der Waals surface area contributed by atoms with Crippen molar-refractivity contribution in [1.29, 1.82) is 0 Å². The number of likely N-dealkylation sites (N-methyl/N-ethyl adjacent to an activating group) is 1. The number of hydrogen-bond acceptors (Lipinski definition) is 9. The van der Waals surface area contributed by atoms with Crippen LogP contribution < -0.4 is 20.7 Å². The van der Waals surface area contributed by atoms with Gasteiger partial charge in [0.2, 0.25) is 17.8 Å². The third kappa shape index (κ3) is 5.50. The maximum atomic E-state index is 14.1. The van der Waals surface area contributed by atoms with Crippen LogP contribution in [0.15, 0.2) is 18.2 Å². The van der Waals surface area contributed by atoms with Crippen molar-refractivity contribution >= 4 is 23.5 Å². The number of halogens is 1. The van der Waals surface area contributed by atoms with Crippen LogP contribution in [0, 0.1) is 5.82 Å². The molecule has 0 aliphatic carbocycles. The summed E-state index contributed by atoms with van der Waals surface area (Å²) in [6, 6.07) is 5.26. The molecule has 1 aromatic carbocycles. The average molecular weight is 432 g/mol. The van der Waals surface area contributed by atoms with Gasteiger partial charge in [-0.3, -0.25) is 4.90 Å². The Labute approximate surface area is 181 Å². The number of aromatic nitrogens is 3. The second-order valence-corrected chi connectivity index (χ2v) is 7.79. The zero-order valence-electron chi connectivity index (χ0n) is 18.0. The maximum Gasteiger partial charge on any atom is 0.233 e. The van der Waals surface area contributed by atoms with E-state index < -0.39 is 5.82 Å². The molecule has 2 fully saturated rings. The highest BCUT2D eigenvalue weighted by molar-refractivity contribution is 5.57. The number of rotatable bonds is 9. The standard InChI is InChI=1S/C21H30FN7O2/c1-3-29-9-4-5-16(29)12-23-19-26-20(24-14-6-7-18(30-2)17(22)11-14)28-21(27-19)25-15-8-10-31-13-15/h6-7,11,15-16H,3-5,8-10,12-13H2,1-2H3,(H3,23,24,25,26,27,28). The summed E-state index contributed by atoms with van der Waals surface area (Å²) in [7, 11) is 1.43. The third-order valence-electron chi connectivity index (χ3n) is 5.71. The van der Waals surface area contributed by atoms with E-state index in [1.165, 1.54) is 19.6 Å². The van der Waals surface area contributed by atoms with Gasteiger partial charge in [-0.05, 0) is 44.5 Å². The van der Waals surface area contributed by atoms with Gasteiger partial charge >= 0.3 is 0 Å². The van der Waals surface area contributed by atoms with Crippen LogP contribution in [-0.4, -0.2) is 71.9 Å². The topological polar surface area (TPSA) is 96.5 Å². The van der Waals surface area contributed by atoms with E-state index in [0.717, 1.165) is 39.1 Å². The number of ether oxygens (including phenoxy) is 2. The van der Waals surface area contributed by atoms with Gasteiger partial charge in [0.15, 0.2) is 11.6 Å². The highest BCUT2D eigenvalue weighted by Crippen LogP contribution is 2.24. The Morgan fingerprint density at radius 2 is 2.03 bits per heavy atom. The Morgan fingerprint density at radius 1 is 1.19 bits per heavy atom. The monoisotopic (exact) mass is 431 g/mol. The molecule has 0 saturated carbocycles. The zero-order valence-corrected chi connectivity index (χ0v) is 18.0. The van der Waals surface area contributed by atoms with Gasteiger partial charge in [0.1, 0.15) is 0 Å². The quantitative estimate of drug-likeness (QED) is 0.554. The molecule has 0 radical (unpaired) electrons. The van der Waals surface area contributed by atoms with E-state index in [-0.39, 0.29) is 11.8 Å². The predicted octanol–water partition coefficient (Wildman–Crippen LogP) is 2.86. The summed E-state index contributed by atoms with van der Waals surface area (Å²) in [5.74, 6) is 1.01. The summed E-state index contributed by atoms with van der Waals surface area (Å²) >= 11 is 0. The van der Waals surface area contributed by atoms with E-state index >= 15 is 0 Å². The molecule has 2 aliphatic heterocycles. The first-order chi connectivity index (χ1) is 15.1. The van der Waals surface area contributed by atoms with Gasteiger partial charge in [-0.25, -0.2) is 4.39 Å². The van der Waals surface area contributed by atoms with Crippen LogP contribution in [0.5, 0.6) is 5.75 Å². The number of methoxy groups -OCH3 is 1. The molecule has 10 heteroatoms. The number of nitrogens with one attached hydrogen (secondary N) is 3. The number of nitrogens with zero attached hydrogens (tertiary/aromatic N) is 4. The fourth-order valence-electron chi connectivity index (χ4n) is 4.03. The average Bonchev–Trinajstić information content (AvgIpc) is 3.44. The van der Waals surface area contributed by atoms with E-state index in [0.29, 0.717) is 36.2 Å². The molecule has 2 atom stereocenters. The van der Waals surface area contributed by atoms with Crippen LogP contribution in [-0.2, 0) is 4.74 Å². The van der Waals surface area contributed by atoms with Crippen molar-refractivity contribution in [3.8, 4) is 5.75 Å². The summed E-state index contributed by atoms with van der Waals surface area (Å²) in [6.07, 6.45) is 3.27. The van der Waals surface area contributed by atoms with E-state index in [2.05, 4.69) is 42.7 Å². The number of benzene rings is 1. The van der Waals surface area contributed by atoms with Crippen molar-refractivity contribution in [2.24, 2.45) is 0 Å². The third-order valence-corrected chi connectivity index (χ3v) is 5.71. The molecule has 2 saturated heterocycles. The molecule has 2 aromatic rings. The molecule has 4 rings (SSSR count). The molecule has 0 amide bonds. The Bertz CT molecular complexity index is 879. The lowest BCUT2D eigenvalue weighted by Crippen LogP contribution is -2.35.